The Morgan fingerprint density at radius 3 is 1.96 bits per heavy atom. The lowest BCUT2D eigenvalue weighted by Crippen LogP contribution is -2.53. The van der Waals surface area contributed by atoms with Gasteiger partial charge in [-0.15, -0.1) is 0 Å². The molecular weight excluding hydrogens is 410 g/mol. The Kier molecular flexibility index (Phi) is 6.15. The Morgan fingerprint density at radius 1 is 1.12 bits per heavy atom. The zero-order valence-electron chi connectivity index (χ0n) is 12.2. The van der Waals surface area contributed by atoms with Gasteiger partial charge in [0.25, 0.3) is 5.60 Å². The molecule has 0 aliphatic rings. The molecule has 11 heteroatoms. The third-order valence-corrected chi connectivity index (χ3v) is 3.56. The zero-order chi connectivity index (χ0) is 18.8. The number of halogens is 7. The zero-order valence-corrected chi connectivity index (χ0v) is 13.8. The van der Waals surface area contributed by atoms with E-state index in [0.717, 1.165) is 17.0 Å². The minimum absolute atomic E-state index is 0.0533. The second-order valence-electron chi connectivity index (χ2n) is 4.73. The summed E-state index contributed by atoms with van der Waals surface area (Å²) < 4.78 is 76.6. The predicted octanol–water partition coefficient (Wildman–Crippen LogP) is 3.54. The van der Waals surface area contributed by atoms with Crippen molar-refractivity contribution in [2.24, 2.45) is 0 Å². The second-order valence-corrected chi connectivity index (χ2v) is 5.53. The van der Waals surface area contributed by atoms with Crippen LogP contribution in [0.4, 0.5) is 36.8 Å². The van der Waals surface area contributed by atoms with Gasteiger partial charge < -0.3 is 10.4 Å². The summed E-state index contributed by atoms with van der Waals surface area (Å²) in [5, 5.41) is 12.2. The number of anilines is 1. The van der Waals surface area contributed by atoms with Gasteiger partial charge in [0.15, 0.2) is 0 Å². The average molecular weight is 423 g/mol. The number of nitrogens with zero attached hydrogens (tertiary/aromatic N) is 1. The van der Waals surface area contributed by atoms with Crippen LogP contribution in [0.15, 0.2) is 24.3 Å². The first kappa shape index (κ1) is 20.6. The molecule has 0 atom stereocenters. The fourth-order valence-electron chi connectivity index (χ4n) is 1.80. The van der Waals surface area contributed by atoms with Crippen LogP contribution in [0.2, 0.25) is 0 Å². The fraction of sp³-hybridized carbons (Fsp3) is 0.462. The molecule has 1 rings (SSSR count). The number of hydrogen-bond acceptors (Lipinski definition) is 2. The minimum Gasteiger partial charge on any atom is -0.369 e. The maximum Gasteiger partial charge on any atom is 0.430 e. The first-order valence-corrected chi connectivity index (χ1v) is 7.52. The van der Waals surface area contributed by atoms with Gasteiger partial charge in [0.05, 0.1) is 0 Å². The lowest BCUT2D eigenvalue weighted by molar-refractivity contribution is -0.376. The number of rotatable bonds is 4. The van der Waals surface area contributed by atoms with Crippen molar-refractivity contribution in [3.8, 4) is 0 Å². The molecule has 0 aromatic heterocycles. The summed E-state index contributed by atoms with van der Waals surface area (Å²) in [6.45, 7) is 0.281. The molecule has 1 aromatic carbocycles. The SMILES string of the molecule is CN(C(=O)NCCBr)c1ccc(C(O)(C(F)(F)F)C(F)(F)F)cc1. The van der Waals surface area contributed by atoms with Gasteiger partial charge in [0, 0.05) is 30.2 Å². The summed E-state index contributed by atoms with van der Waals surface area (Å²) in [5.74, 6) is 0. The number of aliphatic hydroxyl groups is 1. The van der Waals surface area contributed by atoms with E-state index < -0.39 is 29.5 Å². The van der Waals surface area contributed by atoms with Crippen LogP contribution in [0.5, 0.6) is 0 Å². The maximum atomic E-state index is 12.8. The molecule has 24 heavy (non-hydrogen) atoms. The number of amides is 2. The molecule has 0 spiro atoms. The minimum atomic E-state index is -5.95. The van der Waals surface area contributed by atoms with Gasteiger partial charge in [-0.2, -0.15) is 26.3 Å². The molecule has 0 radical (unpaired) electrons. The Balaban J connectivity index is 3.15. The van der Waals surface area contributed by atoms with E-state index in [4.69, 9.17) is 0 Å². The summed E-state index contributed by atoms with van der Waals surface area (Å²) in [5.41, 5.74) is -6.33. The molecule has 0 aliphatic heterocycles. The Bertz CT molecular complexity index is 559. The number of carbonyl (C=O) groups is 1. The Morgan fingerprint density at radius 2 is 1.58 bits per heavy atom. The highest BCUT2D eigenvalue weighted by Crippen LogP contribution is 2.50. The maximum absolute atomic E-state index is 12.8. The molecule has 136 valence electrons. The first-order chi connectivity index (χ1) is 10.9. The van der Waals surface area contributed by atoms with E-state index in [0.29, 0.717) is 17.5 Å². The van der Waals surface area contributed by atoms with Gasteiger partial charge in [-0.05, 0) is 12.1 Å². The normalized spacial score (nSPS) is 12.9. The molecule has 0 unspecified atom stereocenters. The smallest absolute Gasteiger partial charge is 0.369 e. The molecular formula is C13H13BrF6N2O2. The van der Waals surface area contributed by atoms with Crippen molar-refractivity contribution >= 4 is 27.6 Å². The van der Waals surface area contributed by atoms with Crippen LogP contribution in [0, 0.1) is 0 Å². The number of nitrogens with one attached hydrogen (secondary N) is 1. The van der Waals surface area contributed by atoms with E-state index in [9.17, 15) is 36.2 Å². The highest BCUT2D eigenvalue weighted by Gasteiger charge is 2.71. The van der Waals surface area contributed by atoms with Crippen LogP contribution in [0.3, 0.4) is 0 Å². The van der Waals surface area contributed by atoms with Crippen LogP contribution in [0.25, 0.3) is 0 Å². The summed E-state index contributed by atoms with van der Waals surface area (Å²) in [6, 6.07) is 2.12. The van der Waals surface area contributed by atoms with E-state index >= 15 is 0 Å². The highest BCUT2D eigenvalue weighted by atomic mass is 79.9. The molecule has 1 aromatic rings. The standard InChI is InChI=1S/C13H13BrF6N2O2/c1-22(10(23)21-7-6-14)9-4-2-8(3-5-9)11(24,12(15,16)17)13(18,19)20/h2-5,24H,6-7H2,1H3,(H,21,23). The average Bonchev–Trinajstić information content (AvgIpc) is 2.49. The number of urea groups is 1. The van der Waals surface area contributed by atoms with Crippen molar-refractivity contribution in [1.29, 1.82) is 0 Å². The Labute approximate surface area is 141 Å². The molecule has 0 bridgehead atoms. The molecule has 4 nitrogen and oxygen atoms in total. The summed E-state index contributed by atoms with van der Waals surface area (Å²) in [6.07, 6.45) is -11.9. The van der Waals surface area contributed by atoms with Crippen LogP contribution >= 0.6 is 15.9 Å². The molecule has 0 aliphatic carbocycles. The molecule has 2 N–H and O–H groups in total. The topological polar surface area (TPSA) is 52.6 Å². The fourth-order valence-corrected chi connectivity index (χ4v) is 2.00. The van der Waals surface area contributed by atoms with Gasteiger partial charge in [0.1, 0.15) is 0 Å². The molecule has 0 heterocycles. The van der Waals surface area contributed by atoms with Crippen molar-refractivity contribution in [2.45, 2.75) is 18.0 Å². The molecule has 2 amide bonds. The van der Waals surface area contributed by atoms with Crippen molar-refractivity contribution in [3.63, 3.8) is 0 Å². The predicted molar refractivity (Wildman–Crippen MR) is 78.0 cm³/mol. The Hall–Kier alpha value is -1.49. The van der Waals surface area contributed by atoms with E-state index in [-0.39, 0.29) is 12.2 Å². The van der Waals surface area contributed by atoms with Gasteiger partial charge >= 0.3 is 18.4 Å². The van der Waals surface area contributed by atoms with Gasteiger partial charge in [-0.25, -0.2) is 4.79 Å². The van der Waals surface area contributed by atoms with Crippen molar-refractivity contribution in [2.75, 3.05) is 23.8 Å². The number of alkyl halides is 7. The second kappa shape index (κ2) is 7.18. The number of carbonyl (C=O) groups excluding carboxylic acids is 1. The van der Waals surface area contributed by atoms with E-state index in [2.05, 4.69) is 21.2 Å². The molecule has 0 fully saturated rings. The van der Waals surface area contributed by atoms with Gasteiger partial charge in [-0.1, -0.05) is 28.1 Å². The van der Waals surface area contributed by atoms with Crippen LogP contribution in [0.1, 0.15) is 5.56 Å². The lowest BCUT2D eigenvalue weighted by Gasteiger charge is -2.32. The number of benzene rings is 1. The quantitative estimate of drug-likeness (QED) is 0.575. The summed E-state index contributed by atoms with van der Waals surface area (Å²) in [4.78, 5) is 12.7. The van der Waals surface area contributed by atoms with Crippen LogP contribution < -0.4 is 10.2 Å². The summed E-state index contributed by atoms with van der Waals surface area (Å²) in [7, 11) is 1.29. The van der Waals surface area contributed by atoms with Crippen molar-refractivity contribution < 1.29 is 36.2 Å². The monoisotopic (exact) mass is 422 g/mol. The van der Waals surface area contributed by atoms with Gasteiger partial charge in [0.2, 0.25) is 0 Å². The number of hydrogen-bond donors (Lipinski definition) is 2. The van der Waals surface area contributed by atoms with E-state index in [1.807, 2.05) is 0 Å². The van der Waals surface area contributed by atoms with E-state index in [1.54, 1.807) is 0 Å². The van der Waals surface area contributed by atoms with Crippen molar-refractivity contribution in [1.82, 2.24) is 5.32 Å². The van der Waals surface area contributed by atoms with Gasteiger partial charge in [-0.3, -0.25) is 4.90 Å². The van der Waals surface area contributed by atoms with Crippen molar-refractivity contribution in [3.05, 3.63) is 29.8 Å². The third kappa shape index (κ3) is 3.94. The van der Waals surface area contributed by atoms with E-state index in [1.165, 1.54) is 7.05 Å². The summed E-state index contributed by atoms with van der Waals surface area (Å²) >= 11 is 3.08. The highest BCUT2D eigenvalue weighted by molar-refractivity contribution is 9.09. The molecule has 0 saturated heterocycles. The van der Waals surface area contributed by atoms with Crippen LogP contribution in [-0.2, 0) is 5.60 Å². The lowest BCUT2D eigenvalue weighted by atomic mass is 9.92. The third-order valence-electron chi connectivity index (χ3n) is 3.17. The largest absolute Gasteiger partial charge is 0.430 e. The first-order valence-electron chi connectivity index (χ1n) is 6.40. The van der Waals surface area contributed by atoms with Crippen LogP contribution in [-0.4, -0.2) is 42.4 Å². The molecule has 0 saturated carbocycles.